The maximum atomic E-state index is 12.1. The Bertz CT molecular complexity index is 415. The Morgan fingerprint density at radius 1 is 1.05 bits per heavy atom. The van der Waals surface area contributed by atoms with Crippen molar-refractivity contribution < 1.29 is 13.5 Å². The predicted molar refractivity (Wildman–Crippen MR) is 80.7 cm³/mol. The number of rotatable bonds is 6. The van der Waals surface area contributed by atoms with Crippen LogP contribution in [0.1, 0.15) is 57.6 Å². The summed E-state index contributed by atoms with van der Waals surface area (Å²) in [6.07, 6.45) is 6.66. The van der Waals surface area contributed by atoms with Gasteiger partial charge in [-0.2, -0.15) is 8.78 Å². The third-order valence-electron chi connectivity index (χ3n) is 4.48. The SMILES string of the molecule is CC(N[C@@H](C)C1CCCCC1)c1ccc(OC(F)F)cc1. The van der Waals surface area contributed by atoms with Crippen molar-refractivity contribution in [3.63, 3.8) is 0 Å². The van der Waals surface area contributed by atoms with E-state index in [9.17, 15) is 8.78 Å². The molecule has 1 saturated carbocycles. The van der Waals surface area contributed by atoms with Gasteiger partial charge >= 0.3 is 6.61 Å². The number of alkyl halides is 2. The second kappa shape index (κ2) is 7.74. The first kappa shape index (κ1) is 16.2. The number of ether oxygens (including phenoxy) is 1. The first-order valence-corrected chi connectivity index (χ1v) is 7.87. The van der Waals surface area contributed by atoms with E-state index >= 15 is 0 Å². The summed E-state index contributed by atoms with van der Waals surface area (Å²) in [5.74, 6) is 0.962. The third kappa shape index (κ3) is 4.95. The van der Waals surface area contributed by atoms with E-state index in [4.69, 9.17) is 0 Å². The molecule has 1 aromatic carbocycles. The summed E-state index contributed by atoms with van der Waals surface area (Å²) in [7, 11) is 0. The monoisotopic (exact) mass is 297 g/mol. The first-order chi connectivity index (χ1) is 10.1. The molecule has 0 heterocycles. The molecule has 4 heteroatoms. The van der Waals surface area contributed by atoms with Crippen LogP contribution in [0.4, 0.5) is 8.78 Å². The highest BCUT2D eigenvalue weighted by Crippen LogP contribution is 2.28. The van der Waals surface area contributed by atoms with Crippen LogP contribution in [-0.2, 0) is 0 Å². The number of benzene rings is 1. The van der Waals surface area contributed by atoms with Gasteiger partial charge in [0.05, 0.1) is 0 Å². The Balaban J connectivity index is 1.88. The van der Waals surface area contributed by atoms with E-state index < -0.39 is 6.61 Å². The Labute approximate surface area is 125 Å². The summed E-state index contributed by atoms with van der Waals surface area (Å²) in [6.45, 7) is 1.60. The minimum absolute atomic E-state index is 0.210. The average Bonchev–Trinajstić information content (AvgIpc) is 2.48. The minimum Gasteiger partial charge on any atom is -0.435 e. The zero-order valence-electron chi connectivity index (χ0n) is 12.8. The van der Waals surface area contributed by atoms with Gasteiger partial charge in [-0.15, -0.1) is 0 Å². The van der Waals surface area contributed by atoms with Gasteiger partial charge < -0.3 is 10.1 Å². The molecule has 1 unspecified atom stereocenters. The van der Waals surface area contributed by atoms with Crippen LogP contribution in [-0.4, -0.2) is 12.7 Å². The molecule has 2 rings (SSSR count). The molecule has 0 aliphatic heterocycles. The molecule has 0 aromatic heterocycles. The molecule has 1 aliphatic carbocycles. The highest BCUT2D eigenvalue weighted by molar-refractivity contribution is 5.29. The van der Waals surface area contributed by atoms with Crippen molar-refractivity contribution in [3.8, 4) is 5.75 Å². The van der Waals surface area contributed by atoms with Crippen LogP contribution in [0.25, 0.3) is 0 Å². The molecule has 2 atom stereocenters. The van der Waals surface area contributed by atoms with Crippen molar-refractivity contribution >= 4 is 0 Å². The first-order valence-electron chi connectivity index (χ1n) is 7.87. The fourth-order valence-electron chi connectivity index (χ4n) is 3.20. The van der Waals surface area contributed by atoms with E-state index in [0.717, 1.165) is 11.5 Å². The van der Waals surface area contributed by atoms with Crippen LogP contribution in [0.5, 0.6) is 5.75 Å². The summed E-state index contributed by atoms with van der Waals surface area (Å²) in [6, 6.07) is 7.60. The van der Waals surface area contributed by atoms with E-state index in [0.29, 0.717) is 6.04 Å². The van der Waals surface area contributed by atoms with E-state index in [1.165, 1.54) is 32.1 Å². The van der Waals surface area contributed by atoms with E-state index in [-0.39, 0.29) is 11.8 Å². The van der Waals surface area contributed by atoms with Gasteiger partial charge in [0.2, 0.25) is 0 Å². The van der Waals surface area contributed by atoms with Crippen LogP contribution < -0.4 is 10.1 Å². The molecule has 0 spiro atoms. The van der Waals surface area contributed by atoms with Gasteiger partial charge in [0.1, 0.15) is 5.75 Å². The standard InChI is InChI=1S/C17H25F2NO/c1-12(14-6-4-3-5-7-14)20-13(2)15-8-10-16(11-9-15)21-17(18)19/h8-14,17,20H,3-7H2,1-2H3/t12-,13?/m0/s1. The zero-order valence-corrected chi connectivity index (χ0v) is 12.8. The fraction of sp³-hybridized carbons (Fsp3) is 0.647. The second-order valence-electron chi connectivity index (χ2n) is 6.02. The Hall–Kier alpha value is -1.16. The lowest BCUT2D eigenvalue weighted by Gasteiger charge is -2.30. The minimum atomic E-state index is -2.77. The fourth-order valence-corrected chi connectivity index (χ4v) is 3.20. The normalized spacial score (nSPS) is 19.5. The number of hydrogen-bond donors (Lipinski definition) is 1. The quantitative estimate of drug-likeness (QED) is 0.805. The van der Waals surface area contributed by atoms with E-state index in [1.54, 1.807) is 12.1 Å². The lowest BCUT2D eigenvalue weighted by atomic mass is 9.84. The Morgan fingerprint density at radius 2 is 1.67 bits per heavy atom. The van der Waals surface area contributed by atoms with Crippen molar-refractivity contribution in [2.75, 3.05) is 0 Å². The summed E-state index contributed by atoms with van der Waals surface area (Å²) in [5, 5.41) is 3.64. The Morgan fingerprint density at radius 3 is 2.24 bits per heavy atom. The molecule has 0 bridgehead atoms. The summed E-state index contributed by atoms with van der Waals surface area (Å²) >= 11 is 0. The predicted octanol–water partition coefficient (Wildman–Crippen LogP) is 4.91. The molecular weight excluding hydrogens is 272 g/mol. The van der Waals surface area contributed by atoms with E-state index in [1.807, 2.05) is 12.1 Å². The van der Waals surface area contributed by atoms with Gasteiger partial charge in [-0.1, -0.05) is 31.4 Å². The summed E-state index contributed by atoms with van der Waals surface area (Å²) < 4.78 is 28.6. The molecule has 1 fully saturated rings. The number of halogens is 2. The van der Waals surface area contributed by atoms with Gasteiger partial charge in [0.15, 0.2) is 0 Å². The molecule has 1 aromatic rings. The van der Waals surface area contributed by atoms with Gasteiger partial charge in [0.25, 0.3) is 0 Å². The number of hydrogen-bond acceptors (Lipinski definition) is 2. The summed E-state index contributed by atoms with van der Waals surface area (Å²) in [5.41, 5.74) is 1.10. The molecule has 0 radical (unpaired) electrons. The smallest absolute Gasteiger partial charge is 0.387 e. The average molecular weight is 297 g/mol. The Kier molecular flexibility index (Phi) is 5.97. The maximum Gasteiger partial charge on any atom is 0.387 e. The molecule has 21 heavy (non-hydrogen) atoms. The van der Waals surface area contributed by atoms with Crippen molar-refractivity contribution in [3.05, 3.63) is 29.8 Å². The topological polar surface area (TPSA) is 21.3 Å². The van der Waals surface area contributed by atoms with Gasteiger partial charge in [0, 0.05) is 12.1 Å². The maximum absolute atomic E-state index is 12.1. The van der Waals surface area contributed by atoms with Crippen LogP contribution in [0.3, 0.4) is 0 Å². The lowest BCUT2D eigenvalue weighted by molar-refractivity contribution is -0.0498. The van der Waals surface area contributed by atoms with Crippen molar-refractivity contribution in [1.82, 2.24) is 5.32 Å². The van der Waals surface area contributed by atoms with Gasteiger partial charge in [-0.05, 0) is 50.3 Å². The molecule has 0 amide bonds. The number of nitrogens with one attached hydrogen (secondary N) is 1. The van der Waals surface area contributed by atoms with Crippen LogP contribution in [0.15, 0.2) is 24.3 Å². The molecular formula is C17H25F2NO. The molecule has 1 aliphatic rings. The largest absolute Gasteiger partial charge is 0.435 e. The van der Waals surface area contributed by atoms with Crippen molar-refractivity contribution in [2.24, 2.45) is 5.92 Å². The molecule has 118 valence electrons. The van der Waals surface area contributed by atoms with Crippen LogP contribution >= 0.6 is 0 Å². The van der Waals surface area contributed by atoms with Crippen LogP contribution in [0, 0.1) is 5.92 Å². The van der Waals surface area contributed by atoms with Gasteiger partial charge in [-0.3, -0.25) is 0 Å². The molecule has 2 nitrogen and oxygen atoms in total. The third-order valence-corrected chi connectivity index (χ3v) is 4.48. The lowest BCUT2D eigenvalue weighted by Crippen LogP contribution is -2.36. The highest BCUT2D eigenvalue weighted by Gasteiger charge is 2.21. The van der Waals surface area contributed by atoms with Crippen LogP contribution in [0.2, 0.25) is 0 Å². The highest BCUT2D eigenvalue weighted by atomic mass is 19.3. The van der Waals surface area contributed by atoms with Crippen molar-refractivity contribution in [1.29, 1.82) is 0 Å². The zero-order chi connectivity index (χ0) is 15.2. The van der Waals surface area contributed by atoms with E-state index in [2.05, 4.69) is 23.9 Å². The van der Waals surface area contributed by atoms with Gasteiger partial charge in [-0.25, -0.2) is 0 Å². The molecule has 1 N–H and O–H groups in total. The molecule has 0 saturated heterocycles. The summed E-state index contributed by atoms with van der Waals surface area (Å²) in [4.78, 5) is 0. The second-order valence-corrected chi connectivity index (χ2v) is 6.02. The van der Waals surface area contributed by atoms with Crippen molar-refractivity contribution in [2.45, 2.75) is 64.6 Å².